The molecule has 0 bridgehead atoms. The van der Waals surface area contributed by atoms with Crippen molar-refractivity contribution < 1.29 is 44.5 Å². The predicted molar refractivity (Wildman–Crippen MR) is 108 cm³/mol. The minimum atomic E-state index is -1.54. The largest absolute Gasteiger partial charge is 0.507 e. The van der Waals surface area contributed by atoms with Crippen molar-refractivity contribution in [2.45, 2.75) is 51.0 Å². The molecule has 1 aromatic carbocycles. The van der Waals surface area contributed by atoms with Crippen molar-refractivity contribution in [1.29, 1.82) is 0 Å². The lowest BCUT2D eigenvalue weighted by molar-refractivity contribution is -0.299. The van der Waals surface area contributed by atoms with Gasteiger partial charge in [0.15, 0.2) is 11.7 Å². The summed E-state index contributed by atoms with van der Waals surface area (Å²) in [6.45, 7) is 2.71. The molecule has 170 valence electrons. The van der Waals surface area contributed by atoms with Gasteiger partial charge in [-0.15, -0.1) is 0 Å². The van der Waals surface area contributed by atoms with Gasteiger partial charge in [0.05, 0.1) is 13.2 Å². The van der Waals surface area contributed by atoms with Crippen LogP contribution in [-0.4, -0.2) is 74.6 Å². The molecular weight excluding hydrogens is 412 g/mol. The Morgan fingerprint density at radius 1 is 1.13 bits per heavy atom. The van der Waals surface area contributed by atoms with Gasteiger partial charge in [-0.25, -0.2) is 0 Å². The molecule has 10 heteroatoms. The molecule has 10 nitrogen and oxygen atoms in total. The number of hydrogen-bond donors (Lipinski definition) is 6. The molecule has 3 rings (SSSR count). The number of benzene rings is 1. The smallest absolute Gasteiger partial charge is 0.196 e. The van der Waals surface area contributed by atoms with Crippen molar-refractivity contribution >= 4 is 11.0 Å². The molecule has 6 N–H and O–H groups in total. The second-order valence-electron chi connectivity index (χ2n) is 7.58. The molecular formula is C21H26O10. The van der Waals surface area contributed by atoms with Crippen LogP contribution in [0, 0.1) is 6.92 Å². The van der Waals surface area contributed by atoms with E-state index in [2.05, 4.69) is 0 Å². The summed E-state index contributed by atoms with van der Waals surface area (Å²) in [5.74, 6) is -0.287. The van der Waals surface area contributed by atoms with Crippen molar-refractivity contribution in [3.63, 3.8) is 0 Å². The molecule has 31 heavy (non-hydrogen) atoms. The molecule has 1 aliphatic heterocycles. The Hall–Kier alpha value is -2.47. The molecule has 2 aromatic rings. The van der Waals surface area contributed by atoms with Crippen molar-refractivity contribution in [3.05, 3.63) is 45.3 Å². The van der Waals surface area contributed by atoms with Gasteiger partial charge in [0.1, 0.15) is 52.6 Å². The zero-order valence-electron chi connectivity index (χ0n) is 17.1. The van der Waals surface area contributed by atoms with Gasteiger partial charge in [0.25, 0.3) is 0 Å². The lowest BCUT2D eigenvalue weighted by Crippen LogP contribution is -2.59. The van der Waals surface area contributed by atoms with Crippen LogP contribution in [0.2, 0.25) is 0 Å². The Kier molecular flexibility index (Phi) is 6.99. The molecule has 1 saturated heterocycles. The van der Waals surface area contributed by atoms with Crippen molar-refractivity contribution in [2.75, 3.05) is 13.2 Å². The van der Waals surface area contributed by atoms with E-state index in [-0.39, 0.29) is 35.5 Å². The first kappa shape index (κ1) is 23.2. The number of fused-ring (bicyclic) bond motifs is 1. The molecule has 5 unspecified atom stereocenters. The Bertz CT molecular complexity index is 1020. The Morgan fingerprint density at radius 3 is 2.52 bits per heavy atom. The number of rotatable bonds is 6. The molecule has 2 heterocycles. The fraction of sp³-hybridized carbons (Fsp3) is 0.476. The van der Waals surface area contributed by atoms with Crippen LogP contribution in [0.3, 0.4) is 0 Å². The van der Waals surface area contributed by atoms with Crippen LogP contribution in [0.1, 0.15) is 18.2 Å². The second-order valence-corrected chi connectivity index (χ2v) is 7.58. The number of aliphatic hydroxyl groups is 4. The van der Waals surface area contributed by atoms with E-state index in [9.17, 15) is 35.4 Å². The summed E-state index contributed by atoms with van der Waals surface area (Å²) in [5.41, 5.74) is 0.624. The van der Waals surface area contributed by atoms with E-state index >= 15 is 0 Å². The van der Waals surface area contributed by atoms with Crippen LogP contribution in [0.15, 0.2) is 33.0 Å². The highest BCUT2D eigenvalue weighted by Crippen LogP contribution is 2.34. The monoisotopic (exact) mass is 438 g/mol. The quantitative estimate of drug-likeness (QED) is 0.333. The zero-order chi connectivity index (χ0) is 22.9. The van der Waals surface area contributed by atoms with Gasteiger partial charge in [-0.05, 0) is 20.3 Å². The van der Waals surface area contributed by atoms with Crippen molar-refractivity contribution in [3.8, 4) is 11.5 Å². The minimum absolute atomic E-state index is 0.0254. The number of hydrogen-bond acceptors (Lipinski definition) is 10. The Morgan fingerprint density at radius 2 is 1.84 bits per heavy atom. The van der Waals surface area contributed by atoms with Crippen LogP contribution in [0.25, 0.3) is 11.0 Å². The molecule has 1 aromatic heterocycles. The third kappa shape index (κ3) is 4.74. The van der Waals surface area contributed by atoms with Gasteiger partial charge >= 0.3 is 0 Å². The number of ether oxygens (including phenoxy) is 2. The van der Waals surface area contributed by atoms with E-state index in [0.29, 0.717) is 16.9 Å². The van der Waals surface area contributed by atoms with E-state index in [1.165, 1.54) is 6.07 Å². The summed E-state index contributed by atoms with van der Waals surface area (Å²) in [6, 6.07) is 2.33. The SMILES string of the molecule is CC(=CCc1c(O)cc(O)c2c(=O)cc(C)oc12)COC1OC(CO)C(O)C(O)C1O. The molecule has 5 atom stereocenters. The molecule has 0 saturated carbocycles. The summed E-state index contributed by atoms with van der Waals surface area (Å²) in [5, 5.41) is 59.1. The second kappa shape index (κ2) is 9.35. The van der Waals surface area contributed by atoms with Gasteiger partial charge in [0.2, 0.25) is 0 Å². The molecule has 1 fully saturated rings. The fourth-order valence-electron chi connectivity index (χ4n) is 3.42. The van der Waals surface area contributed by atoms with Gasteiger partial charge in [-0.1, -0.05) is 11.6 Å². The van der Waals surface area contributed by atoms with E-state index in [0.717, 1.165) is 6.07 Å². The molecule has 0 spiro atoms. The topological polar surface area (TPSA) is 170 Å². The van der Waals surface area contributed by atoms with Crippen LogP contribution < -0.4 is 5.43 Å². The maximum Gasteiger partial charge on any atom is 0.196 e. The summed E-state index contributed by atoms with van der Waals surface area (Å²) in [6.07, 6.45) is -5.00. The first-order chi connectivity index (χ1) is 14.6. The van der Waals surface area contributed by atoms with E-state index in [1.54, 1.807) is 19.9 Å². The zero-order valence-corrected chi connectivity index (χ0v) is 17.1. The molecule has 0 aliphatic carbocycles. The average molecular weight is 438 g/mol. The standard InChI is InChI=1S/C21H26O10/c1-9(8-29-21-19(28)18(27)17(26)15(7-22)31-21)3-4-11-12(23)6-14(25)16-13(24)5-10(2)30-20(11)16/h3,5-6,15,17-19,21-23,25-28H,4,7-8H2,1-2H3. The lowest BCUT2D eigenvalue weighted by atomic mass is 9.99. The van der Waals surface area contributed by atoms with Gasteiger partial charge in [-0.2, -0.15) is 0 Å². The van der Waals surface area contributed by atoms with Crippen molar-refractivity contribution in [1.82, 2.24) is 0 Å². The first-order valence-corrected chi connectivity index (χ1v) is 9.70. The van der Waals surface area contributed by atoms with E-state index < -0.39 is 42.7 Å². The summed E-state index contributed by atoms with van der Waals surface area (Å²) >= 11 is 0. The van der Waals surface area contributed by atoms with E-state index in [4.69, 9.17) is 13.9 Å². The molecule has 1 aliphatic rings. The van der Waals surface area contributed by atoms with Crippen LogP contribution >= 0.6 is 0 Å². The number of phenolic OH excluding ortho intramolecular Hbond substituents is 2. The minimum Gasteiger partial charge on any atom is -0.507 e. The van der Waals surface area contributed by atoms with E-state index in [1.807, 2.05) is 0 Å². The highest BCUT2D eigenvalue weighted by atomic mass is 16.7. The van der Waals surface area contributed by atoms with Crippen molar-refractivity contribution in [2.24, 2.45) is 0 Å². The third-order valence-electron chi connectivity index (χ3n) is 5.16. The van der Waals surface area contributed by atoms with Crippen LogP contribution in [0.5, 0.6) is 11.5 Å². The number of aryl methyl sites for hydroxylation is 1. The average Bonchev–Trinajstić information content (AvgIpc) is 2.70. The lowest BCUT2D eigenvalue weighted by Gasteiger charge is -2.39. The van der Waals surface area contributed by atoms with Gasteiger partial charge in [0, 0.05) is 17.7 Å². The summed E-state index contributed by atoms with van der Waals surface area (Å²) in [4.78, 5) is 12.2. The normalized spacial score (nSPS) is 27.0. The number of phenols is 2. The maximum absolute atomic E-state index is 12.2. The Balaban J connectivity index is 1.76. The summed E-state index contributed by atoms with van der Waals surface area (Å²) < 4.78 is 16.3. The predicted octanol–water partition coefficient (Wildman–Crippen LogP) is -0.182. The molecule has 0 amide bonds. The molecule has 0 radical (unpaired) electrons. The van der Waals surface area contributed by atoms with Crippen LogP contribution in [-0.2, 0) is 15.9 Å². The summed E-state index contributed by atoms with van der Waals surface area (Å²) in [7, 11) is 0. The number of aliphatic hydroxyl groups excluding tert-OH is 4. The van der Waals surface area contributed by atoms with Gasteiger partial charge < -0.3 is 44.5 Å². The maximum atomic E-state index is 12.2. The number of allylic oxidation sites excluding steroid dienone is 1. The number of aromatic hydroxyl groups is 2. The van der Waals surface area contributed by atoms with Gasteiger partial charge in [-0.3, -0.25) is 4.79 Å². The highest BCUT2D eigenvalue weighted by molar-refractivity contribution is 5.88. The fourth-order valence-corrected chi connectivity index (χ4v) is 3.42. The Labute approximate surface area is 177 Å². The highest BCUT2D eigenvalue weighted by Gasteiger charge is 2.43. The third-order valence-corrected chi connectivity index (χ3v) is 5.16. The van der Waals surface area contributed by atoms with Crippen LogP contribution in [0.4, 0.5) is 0 Å². The first-order valence-electron chi connectivity index (χ1n) is 9.70.